The molecule has 0 atom stereocenters. The molecule has 6 heteroatoms. The van der Waals surface area contributed by atoms with Crippen molar-refractivity contribution in [2.24, 2.45) is 0 Å². The number of methoxy groups -OCH3 is 2. The lowest BCUT2D eigenvalue weighted by molar-refractivity contribution is 0.0594. The number of rotatable bonds is 4. The van der Waals surface area contributed by atoms with Crippen LogP contribution < -0.4 is 15.4 Å². The van der Waals surface area contributed by atoms with Crippen molar-refractivity contribution in [2.45, 2.75) is 0 Å². The molecule has 1 heterocycles. The van der Waals surface area contributed by atoms with Crippen molar-refractivity contribution in [1.29, 1.82) is 0 Å². The van der Waals surface area contributed by atoms with Gasteiger partial charge in [0.2, 0.25) is 0 Å². The van der Waals surface area contributed by atoms with Crippen LogP contribution in [0.5, 0.6) is 5.75 Å². The summed E-state index contributed by atoms with van der Waals surface area (Å²) in [6, 6.07) is 10.6. The molecule has 1 aromatic carbocycles. The van der Waals surface area contributed by atoms with E-state index in [1.165, 1.54) is 13.2 Å². The lowest BCUT2D eigenvalue weighted by Gasteiger charge is -2.20. The predicted octanol–water partition coefficient (Wildman–Crippen LogP) is 2.23. The van der Waals surface area contributed by atoms with Crippen molar-refractivity contribution >= 4 is 23.2 Å². The van der Waals surface area contributed by atoms with E-state index in [0.717, 1.165) is 11.4 Å². The van der Waals surface area contributed by atoms with E-state index in [2.05, 4.69) is 9.72 Å². The Morgan fingerprint density at radius 3 is 2.38 bits per heavy atom. The SMILES string of the molecule is COC(=O)c1ccc(N)c(N(C)c2ccc(OC)cc2)n1. The van der Waals surface area contributed by atoms with Crippen LogP contribution in [0.25, 0.3) is 0 Å². The van der Waals surface area contributed by atoms with Gasteiger partial charge in [-0.3, -0.25) is 0 Å². The fourth-order valence-electron chi connectivity index (χ4n) is 1.87. The molecule has 0 aliphatic heterocycles. The number of aromatic nitrogens is 1. The normalized spacial score (nSPS) is 10.0. The summed E-state index contributed by atoms with van der Waals surface area (Å²) < 4.78 is 9.79. The number of esters is 1. The Morgan fingerprint density at radius 2 is 1.81 bits per heavy atom. The largest absolute Gasteiger partial charge is 0.497 e. The number of hydrogen-bond acceptors (Lipinski definition) is 6. The Morgan fingerprint density at radius 1 is 1.14 bits per heavy atom. The average molecular weight is 287 g/mol. The molecule has 1 aromatic heterocycles. The van der Waals surface area contributed by atoms with Gasteiger partial charge >= 0.3 is 5.97 Å². The first-order valence-corrected chi connectivity index (χ1v) is 6.29. The fraction of sp³-hybridized carbons (Fsp3) is 0.200. The maximum Gasteiger partial charge on any atom is 0.356 e. The van der Waals surface area contributed by atoms with E-state index >= 15 is 0 Å². The molecule has 21 heavy (non-hydrogen) atoms. The van der Waals surface area contributed by atoms with E-state index in [1.807, 2.05) is 31.3 Å². The van der Waals surface area contributed by atoms with Crippen molar-refractivity contribution in [1.82, 2.24) is 4.98 Å². The number of carbonyl (C=O) groups excluding carboxylic acids is 1. The third-order valence-electron chi connectivity index (χ3n) is 3.08. The number of pyridine rings is 1. The Bertz CT molecular complexity index is 641. The van der Waals surface area contributed by atoms with E-state index < -0.39 is 5.97 Å². The molecule has 0 saturated heterocycles. The zero-order valence-corrected chi connectivity index (χ0v) is 12.2. The molecule has 0 spiro atoms. The van der Waals surface area contributed by atoms with Crippen LogP contribution in [0.3, 0.4) is 0 Å². The van der Waals surface area contributed by atoms with E-state index in [4.69, 9.17) is 10.5 Å². The van der Waals surface area contributed by atoms with Crippen molar-refractivity contribution in [3.05, 3.63) is 42.1 Å². The van der Waals surface area contributed by atoms with E-state index in [-0.39, 0.29) is 5.69 Å². The van der Waals surface area contributed by atoms with Crippen LogP contribution in [0.15, 0.2) is 36.4 Å². The lowest BCUT2D eigenvalue weighted by Crippen LogP contribution is -2.16. The smallest absolute Gasteiger partial charge is 0.356 e. The first kappa shape index (κ1) is 14.6. The van der Waals surface area contributed by atoms with Gasteiger partial charge < -0.3 is 20.1 Å². The number of ether oxygens (including phenoxy) is 2. The van der Waals surface area contributed by atoms with Gasteiger partial charge in [-0.15, -0.1) is 0 Å². The minimum absolute atomic E-state index is 0.210. The summed E-state index contributed by atoms with van der Waals surface area (Å²) >= 11 is 0. The van der Waals surface area contributed by atoms with Gasteiger partial charge in [0.05, 0.1) is 19.9 Å². The number of benzene rings is 1. The summed E-state index contributed by atoms with van der Waals surface area (Å²) in [6.45, 7) is 0. The van der Waals surface area contributed by atoms with E-state index in [9.17, 15) is 4.79 Å². The average Bonchev–Trinajstić information content (AvgIpc) is 2.54. The first-order chi connectivity index (χ1) is 10.1. The molecular weight excluding hydrogens is 270 g/mol. The van der Waals surface area contributed by atoms with Gasteiger partial charge in [0.1, 0.15) is 5.75 Å². The standard InChI is InChI=1S/C15H17N3O3/c1-18(10-4-6-11(20-2)7-5-10)14-12(16)8-9-13(17-14)15(19)21-3/h4-9H,16H2,1-3H3. The second-order valence-electron chi connectivity index (χ2n) is 4.36. The molecule has 0 saturated carbocycles. The summed E-state index contributed by atoms with van der Waals surface area (Å²) in [5, 5.41) is 0. The highest BCUT2D eigenvalue weighted by Crippen LogP contribution is 2.28. The summed E-state index contributed by atoms with van der Waals surface area (Å²) in [5.74, 6) is 0.749. The molecule has 6 nitrogen and oxygen atoms in total. The highest BCUT2D eigenvalue weighted by atomic mass is 16.5. The number of nitrogen functional groups attached to an aromatic ring is 1. The number of nitrogens with two attached hydrogens (primary N) is 1. The Balaban J connectivity index is 2.36. The maximum atomic E-state index is 11.6. The van der Waals surface area contributed by atoms with Crippen LogP contribution in [0.4, 0.5) is 17.2 Å². The van der Waals surface area contributed by atoms with Crippen LogP contribution in [0, 0.1) is 0 Å². The predicted molar refractivity (Wildman–Crippen MR) is 81.0 cm³/mol. The summed E-state index contributed by atoms with van der Waals surface area (Å²) in [5.41, 5.74) is 7.50. The lowest BCUT2D eigenvalue weighted by atomic mass is 10.2. The summed E-state index contributed by atoms with van der Waals surface area (Å²) in [7, 11) is 4.74. The van der Waals surface area contributed by atoms with Gasteiger partial charge in [0.15, 0.2) is 11.5 Å². The molecule has 0 fully saturated rings. The third-order valence-corrected chi connectivity index (χ3v) is 3.08. The van der Waals surface area contributed by atoms with E-state index in [0.29, 0.717) is 11.5 Å². The number of carbonyl (C=O) groups is 1. The van der Waals surface area contributed by atoms with Crippen LogP contribution in [-0.4, -0.2) is 32.2 Å². The van der Waals surface area contributed by atoms with Crippen LogP contribution in [0.2, 0.25) is 0 Å². The highest BCUT2D eigenvalue weighted by Gasteiger charge is 2.14. The molecule has 2 aromatic rings. The topological polar surface area (TPSA) is 77.7 Å². The molecule has 110 valence electrons. The zero-order chi connectivity index (χ0) is 15.4. The second-order valence-corrected chi connectivity index (χ2v) is 4.36. The van der Waals surface area contributed by atoms with Crippen molar-refractivity contribution in [2.75, 3.05) is 31.9 Å². The monoisotopic (exact) mass is 287 g/mol. The van der Waals surface area contributed by atoms with Gasteiger partial charge in [-0.1, -0.05) is 0 Å². The molecular formula is C15H17N3O3. The second kappa shape index (κ2) is 6.13. The van der Waals surface area contributed by atoms with Gasteiger partial charge in [0, 0.05) is 12.7 Å². The molecule has 0 radical (unpaired) electrons. The Labute approximate surface area is 123 Å². The van der Waals surface area contributed by atoms with Gasteiger partial charge in [-0.2, -0.15) is 0 Å². The van der Waals surface area contributed by atoms with Crippen LogP contribution in [0.1, 0.15) is 10.5 Å². The maximum absolute atomic E-state index is 11.6. The van der Waals surface area contributed by atoms with Crippen LogP contribution in [-0.2, 0) is 4.74 Å². The van der Waals surface area contributed by atoms with Crippen molar-refractivity contribution < 1.29 is 14.3 Å². The van der Waals surface area contributed by atoms with Gasteiger partial charge in [0.25, 0.3) is 0 Å². The fourth-order valence-corrected chi connectivity index (χ4v) is 1.87. The van der Waals surface area contributed by atoms with Gasteiger partial charge in [-0.25, -0.2) is 9.78 Å². The number of hydrogen-bond donors (Lipinski definition) is 1. The number of nitrogens with zero attached hydrogens (tertiary/aromatic N) is 2. The minimum atomic E-state index is -0.501. The molecule has 2 rings (SSSR count). The highest BCUT2D eigenvalue weighted by molar-refractivity contribution is 5.89. The Kier molecular flexibility index (Phi) is 4.27. The molecule has 0 aliphatic carbocycles. The van der Waals surface area contributed by atoms with E-state index in [1.54, 1.807) is 18.1 Å². The van der Waals surface area contributed by atoms with Crippen molar-refractivity contribution in [3.63, 3.8) is 0 Å². The summed E-state index contributed by atoms with van der Waals surface area (Å²) in [4.78, 5) is 17.6. The zero-order valence-electron chi connectivity index (χ0n) is 12.2. The quantitative estimate of drug-likeness (QED) is 0.869. The third kappa shape index (κ3) is 3.05. The molecule has 0 unspecified atom stereocenters. The van der Waals surface area contributed by atoms with Gasteiger partial charge in [-0.05, 0) is 36.4 Å². The van der Waals surface area contributed by atoms with Crippen LogP contribution >= 0.6 is 0 Å². The molecule has 0 aliphatic rings. The molecule has 0 amide bonds. The molecule has 0 bridgehead atoms. The first-order valence-electron chi connectivity index (χ1n) is 6.29. The number of anilines is 3. The Hall–Kier alpha value is -2.76. The summed E-state index contributed by atoms with van der Waals surface area (Å²) in [6.07, 6.45) is 0. The minimum Gasteiger partial charge on any atom is -0.497 e. The molecule has 2 N–H and O–H groups in total. The van der Waals surface area contributed by atoms with Crippen molar-refractivity contribution in [3.8, 4) is 5.75 Å².